The third-order valence-electron chi connectivity index (χ3n) is 2.59. The second-order valence-corrected chi connectivity index (χ2v) is 4.04. The lowest BCUT2D eigenvalue weighted by Crippen LogP contribution is -2.06. The number of para-hydroxylation sites is 1. The van der Waals surface area contributed by atoms with Crippen molar-refractivity contribution in [3.05, 3.63) is 34.5 Å². The Balaban J connectivity index is 2.65. The predicted molar refractivity (Wildman–Crippen MR) is 71.6 cm³/mol. The number of carbonyl (C=O) groups excluding carboxylic acids is 1. The highest BCUT2D eigenvalue weighted by atomic mass is 32.1. The first-order valence-electron chi connectivity index (χ1n) is 5.54. The van der Waals surface area contributed by atoms with Gasteiger partial charge in [-0.25, -0.2) is 4.79 Å². The van der Waals surface area contributed by atoms with Crippen molar-refractivity contribution in [1.82, 2.24) is 4.98 Å². The topological polar surface area (TPSA) is 51.3 Å². The van der Waals surface area contributed by atoms with Crippen molar-refractivity contribution in [2.45, 2.75) is 6.92 Å². The van der Waals surface area contributed by atoms with Crippen LogP contribution in [0.3, 0.4) is 0 Å². The summed E-state index contributed by atoms with van der Waals surface area (Å²) >= 11 is 5.32. The third kappa shape index (κ3) is 2.09. The van der Waals surface area contributed by atoms with Crippen LogP contribution < -0.4 is 4.74 Å². The highest BCUT2D eigenvalue weighted by Gasteiger charge is 2.12. The van der Waals surface area contributed by atoms with Gasteiger partial charge in [-0.1, -0.05) is 24.4 Å². The number of benzene rings is 1. The van der Waals surface area contributed by atoms with Gasteiger partial charge in [-0.3, -0.25) is 0 Å². The van der Waals surface area contributed by atoms with Gasteiger partial charge in [0.1, 0.15) is 5.75 Å². The minimum atomic E-state index is -0.413. The Morgan fingerprint density at radius 2 is 2.22 bits per heavy atom. The van der Waals surface area contributed by atoms with Gasteiger partial charge in [0.25, 0.3) is 0 Å². The van der Waals surface area contributed by atoms with Crippen molar-refractivity contribution >= 4 is 29.1 Å². The lowest BCUT2D eigenvalue weighted by Gasteiger charge is -2.07. The average Bonchev–Trinajstić information content (AvgIpc) is 2.39. The smallest absolute Gasteiger partial charge is 0.341 e. The van der Waals surface area contributed by atoms with E-state index in [2.05, 4.69) is 4.98 Å². The molecular formula is C13H13NO3S. The maximum Gasteiger partial charge on any atom is 0.341 e. The van der Waals surface area contributed by atoms with E-state index in [1.54, 1.807) is 20.2 Å². The van der Waals surface area contributed by atoms with Crippen LogP contribution in [0.2, 0.25) is 0 Å². The van der Waals surface area contributed by atoms with Gasteiger partial charge in [0.15, 0.2) is 0 Å². The number of fused-ring (bicyclic) bond motifs is 1. The summed E-state index contributed by atoms with van der Waals surface area (Å²) in [5.74, 6) is 0.275. The maximum atomic E-state index is 11.7. The van der Waals surface area contributed by atoms with Gasteiger partial charge in [0.2, 0.25) is 0 Å². The third-order valence-corrected chi connectivity index (χ3v) is 3.03. The van der Waals surface area contributed by atoms with E-state index >= 15 is 0 Å². The predicted octanol–water partition coefficient (Wildman–Crippen LogP) is 3.08. The van der Waals surface area contributed by atoms with Crippen molar-refractivity contribution in [2.24, 2.45) is 0 Å². The molecule has 0 spiro atoms. The van der Waals surface area contributed by atoms with Gasteiger partial charge < -0.3 is 14.5 Å². The zero-order valence-corrected chi connectivity index (χ0v) is 11.0. The minimum Gasteiger partial charge on any atom is -0.495 e. The zero-order valence-electron chi connectivity index (χ0n) is 10.1. The molecule has 2 rings (SSSR count). The molecule has 0 aliphatic rings. The molecule has 0 saturated heterocycles. The molecule has 94 valence electrons. The fourth-order valence-electron chi connectivity index (χ4n) is 1.75. The minimum absolute atomic E-state index is 0.323. The molecule has 1 aromatic heterocycles. The summed E-state index contributed by atoms with van der Waals surface area (Å²) in [4.78, 5) is 14.8. The summed E-state index contributed by atoms with van der Waals surface area (Å²) in [6.45, 7) is 2.08. The van der Waals surface area contributed by atoms with E-state index in [1.807, 2.05) is 18.2 Å². The van der Waals surface area contributed by atoms with E-state index in [4.69, 9.17) is 21.7 Å². The van der Waals surface area contributed by atoms with Crippen LogP contribution in [0, 0.1) is 4.51 Å². The summed E-state index contributed by atoms with van der Waals surface area (Å²) in [5, 5.41) is 0.773. The molecule has 0 fully saturated rings. The Morgan fingerprint density at radius 1 is 1.44 bits per heavy atom. The second-order valence-electron chi connectivity index (χ2n) is 3.63. The van der Waals surface area contributed by atoms with Crippen molar-refractivity contribution in [3.63, 3.8) is 0 Å². The molecule has 5 heteroatoms. The fourth-order valence-corrected chi connectivity index (χ4v) is 2.07. The molecule has 0 amide bonds. The van der Waals surface area contributed by atoms with Crippen molar-refractivity contribution in [1.29, 1.82) is 0 Å². The van der Waals surface area contributed by atoms with Crippen molar-refractivity contribution < 1.29 is 14.3 Å². The first kappa shape index (κ1) is 12.6. The lowest BCUT2D eigenvalue weighted by molar-refractivity contribution is 0.0525. The fraction of sp³-hybridized carbons (Fsp3) is 0.231. The van der Waals surface area contributed by atoms with Crippen LogP contribution >= 0.6 is 12.2 Å². The summed E-state index contributed by atoms with van der Waals surface area (Å²) < 4.78 is 10.7. The van der Waals surface area contributed by atoms with Gasteiger partial charge in [0.05, 0.1) is 29.3 Å². The van der Waals surface area contributed by atoms with Crippen LogP contribution in [-0.2, 0) is 4.74 Å². The van der Waals surface area contributed by atoms with Crippen LogP contribution in [0.4, 0.5) is 0 Å². The molecule has 0 aliphatic carbocycles. The Morgan fingerprint density at radius 3 is 2.89 bits per heavy atom. The van der Waals surface area contributed by atoms with E-state index < -0.39 is 5.97 Å². The number of carbonyl (C=O) groups is 1. The SMILES string of the molecule is CCOC(=O)c1c[nH]c2c(OC)cccc2c1=S. The molecule has 0 aliphatic heterocycles. The van der Waals surface area contributed by atoms with E-state index in [9.17, 15) is 4.79 Å². The number of hydrogen-bond donors (Lipinski definition) is 1. The molecule has 2 aromatic rings. The number of methoxy groups -OCH3 is 1. The second kappa shape index (κ2) is 5.18. The summed E-state index contributed by atoms with van der Waals surface area (Å²) in [6, 6.07) is 5.51. The summed E-state index contributed by atoms with van der Waals surface area (Å²) in [7, 11) is 1.59. The Hall–Kier alpha value is -1.88. The lowest BCUT2D eigenvalue weighted by atomic mass is 10.1. The maximum absolute atomic E-state index is 11.7. The molecule has 4 nitrogen and oxygen atoms in total. The molecule has 1 aromatic carbocycles. The molecule has 0 atom stereocenters. The van der Waals surface area contributed by atoms with E-state index in [1.165, 1.54) is 0 Å². The van der Waals surface area contributed by atoms with Gasteiger partial charge in [0, 0.05) is 11.6 Å². The first-order valence-corrected chi connectivity index (χ1v) is 5.95. The van der Waals surface area contributed by atoms with Gasteiger partial charge in [-0.15, -0.1) is 0 Å². The molecule has 0 bridgehead atoms. The molecule has 1 heterocycles. The van der Waals surface area contributed by atoms with E-state index in [0.29, 0.717) is 22.4 Å². The van der Waals surface area contributed by atoms with Crippen molar-refractivity contribution in [3.8, 4) is 5.75 Å². The number of esters is 1. The summed E-state index contributed by atoms with van der Waals surface area (Å²) in [5.41, 5.74) is 1.14. The van der Waals surface area contributed by atoms with Crippen LogP contribution in [0.5, 0.6) is 5.75 Å². The number of aromatic amines is 1. The molecule has 0 unspecified atom stereocenters. The van der Waals surface area contributed by atoms with Crippen LogP contribution in [0.25, 0.3) is 10.9 Å². The molecule has 0 radical (unpaired) electrons. The standard InChI is InChI=1S/C13H13NO3S/c1-3-17-13(15)9-7-14-11-8(12(9)18)5-4-6-10(11)16-2/h4-7H,3H2,1-2H3,(H,14,18). The normalized spacial score (nSPS) is 10.3. The number of aromatic nitrogens is 1. The number of hydrogen-bond acceptors (Lipinski definition) is 4. The summed E-state index contributed by atoms with van der Waals surface area (Å²) in [6.07, 6.45) is 1.56. The Labute approximate surface area is 110 Å². The average molecular weight is 263 g/mol. The number of pyridine rings is 1. The van der Waals surface area contributed by atoms with Gasteiger partial charge in [-0.05, 0) is 13.0 Å². The molecule has 0 saturated carbocycles. The van der Waals surface area contributed by atoms with Crippen molar-refractivity contribution in [2.75, 3.05) is 13.7 Å². The molecule has 1 N–H and O–H groups in total. The van der Waals surface area contributed by atoms with E-state index in [-0.39, 0.29) is 0 Å². The number of nitrogens with one attached hydrogen (secondary N) is 1. The molecule has 18 heavy (non-hydrogen) atoms. The van der Waals surface area contributed by atoms with E-state index in [0.717, 1.165) is 10.9 Å². The number of H-pyrrole nitrogens is 1. The molecular weight excluding hydrogens is 250 g/mol. The first-order chi connectivity index (χ1) is 8.69. The zero-order chi connectivity index (χ0) is 13.1. The Bertz CT molecular complexity index is 648. The quantitative estimate of drug-likeness (QED) is 0.683. The van der Waals surface area contributed by atoms with Crippen LogP contribution in [0.1, 0.15) is 17.3 Å². The largest absolute Gasteiger partial charge is 0.495 e. The van der Waals surface area contributed by atoms with Crippen LogP contribution in [-0.4, -0.2) is 24.7 Å². The van der Waals surface area contributed by atoms with Gasteiger partial charge in [-0.2, -0.15) is 0 Å². The highest BCUT2D eigenvalue weighted by Crippen LogP contribution is 2.25. The Kier molecular flexibility index (Phi) is 3.62. The highest BCUT2D eigenvalue weighted by molar-refractivity contribution is 7.71. The number of rotatable bonds is 3. The van der Waals surface area contributed by atoms with Gasteiger partial charge >= 0.3 is 5.97 Å². The number of ether oxygens (including phenoxy) is 2. The monoisotopic (exact) mass is 263 g/mol. The van der Waals surface area contributed by atoms with Crippen LogP contribution in [0.15, 0.2) is 24.4 Å².